The second kappa shape index (κ2) is 4.46. The average Bonchev–Trinajstić information content (AvgIpc) is 1.85. The minimum atomic E-state index is -4.02. The molecular weight excluding hydrogens is 175 g/mol. The van der Waals surface area contributed by atoms with Crippen LogP contribution in [0.1, 0.15) is 12.8 Å². The van der Waals surface area contributed by atoms with Crippen molar-refractivity contribution in [3.63, 3.8) is 0 Å². The lowest BCUT2D eigenvalue weighted by Crippen LogP contribution is -2.01. The molecule has 0 aromatic rings. The van der Waals surface area contributed by atoms with Crippen LogP contribution in [-0.2, 0) is 14.2 Å². The van der Waals surface area contributed by atoms with Crippen molar-refractivity contribution >= 4 is 13.6 Å². The van der Waals surface area contributed by atoms with Crippen LogP contribution in [0.5, 0.6) is 0 Å². The number of carbonyl (C=O) groups is 1. The predicted molar refractivity (Wildman–Crippen MR) is 34.9 cm³/mol. The van der Waals surface area contributed by atoms with Crippen molar-refractivity contribution in [3.05, 3.63) is 0 Å². The molecule has 0 atom stereocenters. The molecule has 0 aromatic carbocycles. The van der Waals surface area contributed by atoms with Crippen molar-refractivity contribution in [2.45, 2.75) is 12.8 Å². The predicted octanol–water partition coefficient (Wildman–Crippen LogP) is -0.0395. The molecule has 66 valence electrons. The minimum absolute atomic E-state index is 0.00364. The molecule has 6 nitrogen and oxygen atoms in total. The van der Waals surface area contributed by atoms with Crippen LogP contribution in [0.3, 0.4) is 0 Å². The van der Waals surface area contributed by atoms with Crippen molar-refractivity contribution in [1.82, 2.24) is 0 Å². The van der Waals surface area contributed by atoms with E-state index >= 15 is 0 Å². The van der Waals surface area contributed by atoms with Crippen molar-refractivity contribution in [2.24, 2.45) is 0 Å². The molecule has 0 fully saturated rings. The van der Waals surface area contributed by atoms with E-state index in [9.17, 15) is 9.36 Å². The maximum atomic E-state index is 10.2. The van der Waals surface area contributed by atoms with Gasteiger partial charge in [-0.3, -0.25) is 4.57 Å². The zero-order valence-corrected chi connectivity index (χ0v) is 6.53. The SMILES string of the molecule is O=C(CCCP(=O)(O)O)OO. The van der Waals surface area contributed by atoms with E-state index in [2.05, 4.69) is 4.89 Å². The minimum Gasteiger partial charge on any atom is -0.324 e. The highest BCUT2D eigenvalue weighted by Gasteiger charge is 2.13. The molecule has 11 heavy (non-hydrogen) atoms. The van der Waals surface area contributed by atoms with Gasteiger partial charge >= 0.3 is 13.6 Å². The van der Waals surface area contributed by atoms with Gasteiger partial charge in [-0.2, -0.15) is 5.26 Å². The van der Waals surface area contributed by atoms with E-state index in [4.69, 9.17) is 15.0 Å². The first kappa shape index (κ1) is 10.6. The smallest absolute Gasteiger partial charge is 0.324 e. The molecule has 0 amide bonds. The Morgan fingerprint density at radius 2 is 2.00 bits per heavy atom. The number of hydrogen-bond acceptors (Lipinski definition) is 4. The molecule has 0 unspecified atom stereocenters. The maximum absolute atomic E-state index is 10.2. The van der Waals surface area contributed by atoms with Gasteiger partial charge in [0.2, 0.25) is 0 Å². The van der Waals surface area contributed by atoms with Gasteiger partial charge in [-0.15, -0.1) is 0 Å². The monoisotopic (exact) mass is 184 g/mol. The van der Waals surface area contributed by atoms with Crippen LogP contribution in [0, 0.1) is 0 Å². The fraction of sp³-hybridized carbons (Fsp3) is 0.750. The Hall–Kier alpha value is -0.420. The Kier molecular flexibility index (Phi) is 4.29. The van der Waals surface area contributed by atoms with E-state index in [0.29, 0.717) is 0 Å². The van der Waals surface area contributed by atoms with Crippen molar-refractivity contribution in [3.8, 4) is 0 Å². The van der Waals surface area contributed by atoms with Gasteiger partial charge in [-0.05, 0) is 6.42 Å². The first-order valence-electron chi connectivity index (χ1n) is 2.84. The Balaban J connectivity index is 3.43. The quantitative estimate of drug-likeness (QED) is 0.321. The summed E-state index contributed by atoms with van der Waals surface area (Å²) < 4.78 is 10.2. The second-order valence-corrected chi connectivity index (χ2v) is 3.73. The Morgan fingerprint density at radius 1 is 1.45 bits per heavy atom. The summed E-state index contributed by atoms with van der Waals surface area (Å²) in [6.07, 6.45) is -0.562. The molecule has 0 spiro atoms. The first-order valence-corrected chi connectivity index (χ1v) is 4.64. The second-order valence-electron chi connectivity index (χ2n) is 1.96. The largest absolute Gasteiger partial charge is 0.342 e. The number of rotatable bonds is 4. The lowest BCUT2D eigenvalue weighted by Gasteiger charge is -2.00. The van der Waals surface area contributed by atoms with Crippen LogP contribution < -0.4 is 0 Å². The van der Waals surface area contributed by atoms with E-state index in [1.165, 1.54) is 0 Å². The van der Waals surface area contributed by atoms with Gasteiger partial charge < -0.3 is 14.7 Å². The normalized spacial score (nSPS) is 11.2. The molecule has 0 saturated heterocycles. The molecule has 0 aromatic heterocycles. The molecule has 0 bridgehead atoms. The molecule has 0 aliphatic rings. The topological polar surface area (TPSA) is 104 Å². The van der Waals surface area contributed by atoms with Crippen LogP contribution in [0.2, 0.25) is 0 Å². The van der Waals surface area contributed by atoms with E-state index in [1.54, 1.807) is 0 Å². The van der Waals surface area contributed by atoms with Gasteiger partial charge in [-0.1, -0.05) is 0 Å². The highest BCUT2D eigenvalue weighted by Crippen LogP contribution is 2.35. The zero-order chi connectivity index (χ0) is 8.91. The van der Waals surface area contributed by atoms with Gasteiger partial charge in [0.05, 0.1) is 6.16 Å². The van der Waals surface area contributed by atoms with Gasteiger partial charge in [-0.25, -0.2) is 4.79 Å². The van der Waals surface area contributed by atoms with E-state index in [1.807, 2.05) is 0 Å². The number of hydrogen-bond donors (Lipinski definition) is 3. The summed E-state index contributed by atoms with van der Waals surface area (Å²) in [5.41, 5.74) is 0. The van der Waals surface area contributed by atoms with Crippen molar-refractivity contribution in [1.29, 1.82) is 0 Å². The fourth-order valence-electron chi connectivity index (χ4n) is 0.475. The van der Waals surface area contributed by atoms with E-state index in [-0.39, 0.29) is 19.0 Å². The van der Waals surface area contributed by atoms with Crippen LogP contribution >= 0.6 is 7.60 Å². The van der Waals surface area contributed by atoms with Gasteiger partial charge in [0.15, 0.2) is 0 Å². The molecule has 0 saturated carbocycles. The standard InChI is InChI=1S/C4H9O6P/c5-4(10-6)2-1-3-11(7,8)9/h6H,1-3H2,(H2,7,8,9). The fourth-order valence-corrected chi connectivity index (χ4v) is 1.05. The lowest BCUT2D eigenvalue weighted by atomic mass is 10.3. The number of carbonyl (C=O) groups excluding carboxylic acids is 1. The maximum Gasteiger partial charge on any atom is 0.342 e. The summed E-state index contributed by atoms with van der Waals surface area (Å²) in [6, 6.07) is 0. The van der Waals surface area contributed by atoms with Crippen LogP contribution in [-0.4, -0.2) is 27.2 Å². The average molecular weight is 184 g/mol. The summed E-state index contributed by atoms with van der Waals surface area (Å²) in [5.74, 6) is -0.890. The zero-order valence-electron chi connectivity index (χ0n) is 5.63. The molecular formula is C4H9O6P. The third-order valence-electron chi connectivity index (χ3n) is 0.932. The molecule has 0 heterocycles. The first-order chi connectivity index (χ1) is 4.95. The summed E-state index contributed by atoms with van der Waals surface area (Å²) in [7, 11) is -4.02. The molecule has 0 aliphatic heterocycles. The van der Waals surface area contributed by atoms with Crippen LogP contribution in [0.25, 0.3) is 0 Å². The lowest BCUT2D eigenvalue weighted by molar-refractivity contribution is -0.234. The molecule has 7 heteroatoms. The van der Waals surface area contributed by atoms with Gasteiger partial charge in [0.1, 0.15) is 0 Å². The van der Waals surface area contributed by atoms with E-state index < -0.39 is 13.6 Å². The summed E-state index contributed by atoms with van der Waals surface area (Å²) in [5, 5.41) is 7.72. The summed E-state index contributed by atoms with van der Waals surface area (Å²) >= 11 is 0. The van der Waals surface area contributed by atoms with Crippen molar-refractivity contribution in [2.75, 3.05) is 6.16 Å². The molecule has 0 rings (SSSR count). The highest BCUT2D eigenvalue weighted by atomic mass is 31.2. The van der Waals surface area contributed by atoms with Crippen molar-refractivity contribution < 1.29 is 29.3 Å². The third kappa shape index (κ3) is 7.48. The Morgan fingerprint density at radius 3 is 2.36 bits per heavy atom. The van der Waals surface area contributed by atoms with Crippen LogP contribution in [0.15, 0.2) is 0 Å². The van der Waals surface area contributed by atoms with Crippen LogP contribution in [0.4, 0.5) is 0 Å². The summed E-state index contributed by atoms with van der Waals surface area (Å²) in [6.45, 7) is 0. The third-order valence-corrected chi connectivity index (χ3v) is 1.83. The van der Waals surface area contributed by atoms with Gasteiger partial charge in [0, 0.05) is 6.42 Å². The molecule has 0 radical (unpaired) electrons. The van der Waals surface area contributed by atoms with Gasteiger partial charge in [0.25, 0.3) is 0 Å². The molecule has 3 N–H and O–H groups in total. The summed E-state index contributed by atoms with van der Waals surface area (Å²) in [4.78, 5) is 30.0. The Labute approximate surface area is 62.9 Å². The highest BCUT2D eigenvalue weighted by molar-refractivity contribution is 7.51. The van der Waals surface area contributed by atoms with E-state index in [0.717, 1.165) is 0 Å². The molecule has 0 aliphatic carbocycles. The Bertz CT molecular complexity index is 171.